The SMILES string of the molecule is CC1CCCN(C(=O)CN2CCCCC2=O)C1. The van der Waals surface area contributed by atoms with Crippen molar-refractivity contribution in [2.45, 2.75) is 39.0 Å². The number of likely N-dealkylation sites (tertiary alicyclic amines) is 2. The Morgan fingerprint density at radius 3 is 2.82 bits per heavy atom. The summed E-state index contributed by atoms with van der Waals surface area (Å²) in [5.74, 6) is 0.881. The maximum absolute atomic E-state index is 12.1. The van der Waals surface area contributed by atoms with Gasteiger partial charge in [-0.1, -0.05) is 6.92 Å². The van der Waals surface area contributed by atoms with E-state index in [1.54, 1.807) is 4.90 Å². The summed E-state index contributed by atoms with van der Waals surface area (Å²) >= 11 is 0. The molecule has 0 N–H and O–H groups in total. The molecule has 0 saturated carbocycles. The molecule has 0 aliphatic carbocycles. The highest BCUT2D eigenvalue weighted by Crippen LogP contribution is 2.16. The summed E-state index contributed by atoms with van der Waals surface area (Å²) in [6, 6.07) is 0. The summed E-state index contributed by atoms with van der Waals surface area (Å²) in [5, 5.41) is 0. The molecule has 4 nitrogen and oxygen atoms in total. The fraction of sp³-hybridized carbons (Fsp3) is 0.846. The first-order chi connectivity index (χ1) is 8.16. The van der Waals surface area contributed by atoms with Crippen molar-refractivity contribution in [2.75, 3.05) is 26.2 Å². The van der Waals surface area contributed by atoms with Gasteiger partial charge in [-0.15, -0.1) is 0 Å². The molecule has 2 heterocycles. The van der Waals surface area contributed by atoms with Crippen LogP contribution in [0.5, 0.6) is 0 Å². The topological polar surface area (TPSA) is 40.6 Å². The third-order valence-corrected chi connectivity index (χ3v) is 3.76. The molecule has 17 heavy (non-hydrogen) atoms. The molecule has 2 aliphatic rings. The standard InChI is InChI=1S/C13H22N2O2/c1-11-5-4-8-14(9-11)13(17)10-15-7-3-2-6-12(15)16/h11H,2-10H2,1H3. The molecule has 2 aliphatic heterocycles. The lowest BCUT2D eigenvalue weighted by Gasteiger charge is -2.33. The smallest absolute Gasteiger partial charge is 0.242 e. The highest BCUT2D eigenvalue weighted by Gasteiger charge is 2.25. The van der Waals surface area contributed by atoms with E-state index in [9.17, 15) is 9.59 Å². The second-order valence-electron chi connectivity index (χ2n) is 5.36. The van der Waals surface area contributed by atoms with Crippen molar-refractivity contribution in [1.82, 2.24) is 9.80 Å². The van der Waals surface area contributed by atoms with Crippen molar-refractivity contribution < 1.29 is 9.59 Å². The van der Waals surface area contributed by atoms with Crippen LogP contribution in [0.3, 0.4) is 0 Å². The molecule has 2 rings (SSSR count). The maximum Gasteiger partial charge on any atom is 0.242 e. The van der Waals surface area contributed by atoms with Crippen LogP contribution in [0.1, 0.15) is 39.0 Å². The van der Waals surface area contributed by atoms with Gasteiger partial charge in [0.05, 0.1) is 6.54 Å². The predicted molar refractivity (Wildman–Crippen MR) is 65.4 cm³/mol. The molecule has 0 radical (unpaired) electrons. The van der Waals surface area contributed by atoms with Crippen LogP contribution >= 0.6 is 0 Å². The molecule has 2 fully saturated rings. The molecule has 0 aromatic rings. The number of carbonyl (C=O) groups excluding carboxylic acids is 2. The lowest BCUT2D eigenvalue weighted by Crippen LogP contribution is -2.47. The van der Waals surface area contributed by atoms with Crippen LogP contribution < -0.4 is 0 Å². The largest absolute Gasteiger partial charge is 0.341 e. The number of nitrogens with zero attached hydrogens (tertiary/aromatic N) is 2. The number of rotatable bonds is 2. The molecule has 0 aromatic carbocycles. The summed E-state index contributed by atoms with van der Waals surface area (Å²) in [6.45, 7) is 4.97. The van der Waals surface area contributed by atoms with Crippen LogP contribution in [0.4, 0.5) is 0 Å². The molecule has 96 valence electrons. The van der Waals surface area contributed by atoms with Crippen molar-refractivity contribution in [2.24, 2.45) is 5.92 Å². The van der Waals surface area contributed by atoms with E-state index >= 15 is 0 Å². The van der Waals surface area contributed by atoms with E-state index in [1.807, 2.05) is 4.90 Å². The van der Waals surface area contributed by atoms with Crippen molar-refractivity contribution in [3.8, 4) is 0 Å². The van der Waals surface area contributed by atoms with E-state index in [1.165, 1.54) is 6.42 Å². The van der Waals surface area contributed by atoms with E-state index in [0.29, 0.717) is 18.9 Å². The molecular weight excluding hydrogens is 216 g/mol. The Kier molecular flexibility index (Phi) is 4.02. The third-order valence-electron chi connectivity index (χ3n) is 3.76. The average Bonchev–Trinajstić information content (AvgIpc) is 2.32. The van der Waals surface area contributed by atoms with Crippen LogP contribution in [0, 0.1) is 5.92 Å². The van der Waals surface area contributed by atoms with E-state index < -0.39 is 0 Å². The zero-order valence-corrected chi connectivity index (χ0v) is 10.7. The summed E-state index contributed by atoms with van der Waals surface area (Å²) in [4.78, 5) is 27.4. The lowest BCUT2D eigenvalue weighted by atomic mass is 10.0. The fourth-order valence-corrected chi connectivity index (χ4v) is 2.71. The first-order valence-electron chi connectivity index (χ1n) is 6.72. The Labute approximate surface area is 103 Å². The molecule has 0 spiro atoms. The molecule has 0 bridgehead atoms. The molecule has 1 atom stereocenters. The summed E-state index contributed by atoms with van der Waals surface area (Å²) in [7, 11) is 0. The van der Waals surface area contributed by atoms with Gasteiger partial charge in [-0.25, -0.2) is 0 Å². The highest BCUT2D eigenvalue weighted by molar-refractivity contribution is 5.85. The van der Waals surface area contributed by atoms with Gasteiger partial charge in [-0.3, -0.25) is 9.59 Å². The highest BCUT2D eigenvalue weighted by atomic mass is 16.2. The average molecular weight is 238 g/mol. The first kappa shape index (κ1) is 12.4. The van der Waals surface area contributed by atoms with E-state index in [2.05, 4.69) is 6.92 Å². The fourth-order valence-electron chi connectivity index (χ4n) is 2.71. The number of hydrogen-bond acceptors (Lipinski definition) is 2. The van der Waals surface area contributed by atoms with Crippen LogP contribution in [0.2, 0.25) is 0 Å². The third kappa shape index (κ3) is 3.20. The quantitative estimate of drug-likeness (QED) is 0.726. The second-order valence-corrected chi connectivity index (χ2v) is 5.36. The van der Waals surface area contributed by atoms with Gasteiger partial charge in [-0.2, -0.15) is 0 Å². The molecule has 2 amide bonds. The number of piperidine rings is 2. The van der Waals surface area contributed by atoms with E-state index in [-0.39, 0.29) is 11.8 Å². The molecule has 0 aromatic heterocycles. The zero-order chi connectivity index (χ0) is 12.3. The Balaban J connectivity index is 1.85. The molecular formula is C13H22N2O2. The normalized spacial score (nSPS) is 26.2. The predicted octanol–water partition coefficient (Wildman–Crippen LogP) is 1.26. The summed E-state index contributed by atoms with van der Waals surface area (Å²) < 4.78 is 0. The van der Waals surface area contributed by atoms with Crippen molar-refractivity contribution in [3.63, 3.8) is 0 Å². The van der Waals surface area contributed by atoms with Gasteiger partial charge in [0.25, 0.3) is 0 Å². The molecule has 1 unspecified atom stereocenters. The van der Waals surface area contributed by atoms with Gasteiger partial charge in [0.15, 0.2) is 0 Å². The monoisotopic (exact) mass is 238 g/mol. The molecule has 2 saturated heterocycles. The number of amides is 2. The van der Waals surface area contributed by atoms with Gasteiger partial charge >= 0.3 is 0 Å². The van der Waals surface area contributed by atoms with E-state index in [4.69, 9.17) is 0 Å². The van der Waals surface area contributed by atoms with Crippen LogP contribution in [0.25, 0.3) is 0 Å². The van der Waals surface area contributed by atoms with Gasteiger partial charge < -0.3 is 9.80 Å². The van der Waals surface area contributed by atoms with Crippen LogP contribution in [0.15, 0.2) is 0 Å². The maximum atomic E-state index is 12.1. The van der Waals surface area contributed by atoms with Gasteiger partial charge in [0, 0.05) is 26.1 Å². The number of hydrogen-bond donors (Lipinski definition) is 0. The summed E-state index contributed by atoms with van der Waals surface area (Å²) in [5.41, 5.74) is 0. The Morgan fingerprint density at radius 2 is 2.12 bits per heavy atom. The first-order valence-corrected chi connectivity index (χ1v) is 6.72. The van der Waals surface area contributed by atoms with Crippen LogP contribution in [-0.4, -0.2) is 47.8 Å². The minimum atomic E-state index is 0.131. The van der Waals surface area contributed by atoms with Crippen molar-refractivity contribution >= 4 is 11.8 Å². The van der Waals surface area contributed by atoms with Gasteiger partial charge in [-0.05, 0) is 31.6 Å². The Morgan fingerprint density at radius 1 is 1.29 bits per heavy atom. The van der Waals surface area contributed by atoms with Crippen LogP contribution in [-0.2, 0) is 9.59 Å². The lowest BCUT2D eigenvalue weighted by molar-refractivity contribution is -0.142. The van der Waals surface area contributed by atoms with E-state index in [0.717, 1.165) is 38.9 Å². The summed E-state index contributed by atoms with van der Waals surface area (Å²) in [6.07, 6.45) is 4.94. The molecule has 4 heteroatoms. The van der Waals surface area contributed by atoms with Gasteiger partial charge in [0.2, 0.25) is 11.8 Å². The van der Waals surface area contributed by atoms with Gasteiger partial charge in [0.1, 0.15) is 0 Å². The minimum Gasteiger partial charge on any atom is -0.341 e. The second kappa shape index (κ2) is 5.52. The minimum absolute atomic E-state index is 0.131. The Bertz CT molecular complexity index is 304. The zero-order valence-electron chi connectivity index (χ0n) is 10.7. The van der Waals surface area contributed by atoms with Crippen molar-refractivity contribution in [3.05, 3.63) is 0 Å². The number of carbonyl (C=O) groups is 2. The Hall–Kier alpha value is -1.06. The van der Waals surface area contributed by atoms with Crippen molar-refractivity contribution in [1.29, 1.82) is 0 Å².